The Hall–Kier alpha value is -5.03. The first-order valence-electron chi connectivity index (χ1n) is 11.6. The van der Waals surface area contributed by atoms with Crippen LogP contribution in [0.2, 0.25) is 0 Å². The van der Waals surface area contributed by atoms with E-state index >= 15 is 0 Å². The van der Waals surface area contributed by atoms with Crippen molar-refractivity contribution in [2.24, 2.45) is 5.73 Å². The Labute approximate surface area is 212 Å². The SMILES string of the molecule is COc1cc(C2C(C#N)=C(N)Oc3c2c2nc4ccccc4nc2c2ccccc32)cc(OC)c1OC. The van der Waals surface area contributed by atoms with Crippen LogP contribution >= 0.6 is 0 Å². The summed E-state index contributed by atoms with van der Waals surface area (Å²) >= 11 is 0. The zero-order valence-electron chi connectivity index (χ0n) is 20.4. The molecule has 0 spiro atoms. The molecule has 4 aromatic carbocycles. The van der Waals surface area contributed by atoms with Crippen molar-refractivity contribution in [3.05, 3.63) is 83.2 Å². The predicted octanol–water partition coefficient (Wildman–Crippen LogP) is 5.18. The number of methoxy groups -OCH3 is 3. The van der Waals surface area contributed by atoms with E-state index in [1.807, 2.05) is 60.7 Å². The third-order valence-electron chi connectivity index (χ3n) is 6.69. The molecule has 1 unspecified atom stereocenters. The van der Waals surface area contributed by atoms with E-state index in [1.165, 1.54) is 0 Å². The van der Waals surface area contributed by atoms with Crippen molar-refractivity contribution in [1.82, 2.24) is 9.97 Å². The Bertz CT molecular complexity index is 1780. The van der Waals surface area contributed by atoms with Gasteiger partial charge in [0.05, 0.1) is 49.3 Å². The highest BCUT2D eigenvalue weighted by molar-refractivity contribution is 6.11. The van der Waals surface area contributed by atoms with E-state index in [4.69, 9.17) is 34.6 Å². The number of para-hydroxylation sites is 2. The highest BCUT2D eigenvalue weighted by atomic mass is 16.5. The Balaban J connectivity index is 1.79. The van der Waals surface area contributed by atoms with Crippen LogP contribution in [0, 0.1) is 11.3 Å². The summed E-state index contributed by atoms with van der Waals surface area (Å²) in [5.74, 6) is 1.33. The number of nitrogens with zero attached hydrogens (tertiary/aromatic N) is 3. The average molecular weight is 491 g/mol. The van der Waals surface area contributed by atoms with Crippen LogP contribution < -0.4 is 24.7 Å². The minimum atomic E-state index is -0.620. The standard InChI is InChI=1S/C29H22N4O4/c1-34-21-12-15(13-22(35-2)28(21)36-3)23-18(14-30)29(31)37-27-17-9-5-4-8-16(17)25-26(24(23)27)33-20-11-7-6-10-19(20)32-25/h4-13,23H,31H2,1-3H3. The predicted molar refractivity (Wildman–Crippen MR) is 140 cm³/mol. The maximum atomic E-state index is 10.2. The zero-order chi connectivity index (χ0) is 25.7. The van der Waals surface area contributed by atoms with Gasteiger partial charge in [-0.25, -0.2) is 9.97 Å². The van der Waals surface area contributed by atoms with Gasteiger partial charge in [-0.2, -0.15) is 5.26 Å². The molecule has 1 aromatic heterocycles. The van der Waals surface area contributed by atoms with Crippen molar-refractivity contribution in [2.45, 2.75) is 5.92 Å². The zero-order valence-corrected chi connectivity index (χ0v) is 20.4. The van der Waals surface area contributed by atoms with Gasteiger partial charge in [0.2, 0.25) is 11.6 Å². The lowest BCUT2D eigenvalue weighted by atomic mass is 9.81. The van der Waals surface area contributed by atoms with Crippen LogP contribution in [0.3, 0.4) is 0 Å². The fourth-order valence-electron chi connectivity index (χ4n) is 5.07. The van der Waals surface area contributed by atoms with E-state index in [1.54, 1.807) is 21.3 Å². The van der Waals surface area contributed by atoms with E-state index in [2.05, 4.69) is 6.07 Å². The third-order valence-corrected chi connectivity index (χ3v) is 6.69. The van der Waals surface area contributed by atoms with Crippen LogP contribution in [-0.2, 0) is 0 Å². The van der Waals surface area contributed by atoms with Gasteiger partial charge in [0.25, 0.3) is 0 Å². The highest BCUT2D eigenvalue weighted by Gasteiger charge is 2.36. The Kier molecular flexibility index (Phi) is 5.20. The second-order valence-electron chi connectivity index (χ2n) is 8.58. The molecule has 0 amide bonds. The molecule has 6 rings (SSSR count). The quantitative estimate of drug-likeness (QED) is 0.271. The minimum absolute atomic E-state index is 0.0343. The molecular formula is C29H22N4O4. The molecule has 0 saturated heterocycles. The molecule has 182 valence electrons. The summed E-state index contributed by atoms with van der Waals surface area (Å²) in [5.41, 5.74) is 10.9. The first kappa shape index (κ1) is 22.4. The monoisotopic (exact) mass is 490 g/mol. The fourth-order valence-corrected chi connectivity index (χ4v) is 5.07. The molecule has 2 N–H and O–H groups in total. The molecule has 8 nitrogen and oxygen atoms in total. The van der Waals surface area contributed by atoms with Crippen molar-refractivity contribution in [1.29, 1.82) is 5.26 Å². The van der Waals surface area contributed by atoms with Crippen LogP contribution in [0.4, 0.5) is 0 Å². The third kappa shape index (κ3) is 3.28. The van der Waals surface area contributed by atoms with E-state index in [0.717, 1.165) is 21.8 Å². The van der Waals surface area contributed by atoms with E-state index in [-0.39, 0.29) is 11.5 Å². The highest BCUT2D eigenvalue weighted by Crippen LogP contribution is 2.51. The number of ether oxygens (including phenoxy) is 4. The smallest absolute Gasteiger partial charge is 0.205 e. The number of hydrogen-bond donors (Lipinski definition) is 1. The largest absolute Gasteiger partial charge is 0.493 e. The molecule has 5 aromatic rings. The molecule has 2 heterocycles. The topological polar surface area (TPSA) is 113 Å². The fraction of sp³-hybridized carbons (Fsp3) is 0.138. The number of hydrogen-bond acceptors (Lipinski definition) is 8. The number of fused-ring (bicyclic) bond motifs is 7. The lowest BCUT2D eigenvalue weighted by molar-refractivity contribution is 0.323. The van der Waals surface area contributed by atoms with Crippen LogP contribution in [0.15, 0.2) is 72.1 Å². The van der Waals surface area contributed by atoms with Crippen LogP contribution in [0.5, 0.6) is 23.0 Å². The van der Waals surface area contributed by atoms with Gasteiger partial charge >= 0.3 is 0 Å². The number of aromatic nitrogens is 2. The van der Waals surface area contributed by atoms with Crippen molar-refractivity contribution in [3.63, 3.8) is 0 Å². The first-order valence-corrected chi connectivity index (χ1v) is 11.6. The molecular weight excluding hydrogens is 468 g/mol. The average Bonchev–Trinajstić information content (AvgIpc) is 2.94. The summed E-state index contributed by atoms with van der Waals surface area (Å²) in [6.07, 6.45) is 0. The van der Waals surface area contributed by atoms with Gasteiger partial charge in [-0.3, -0.25) is 0 Å². The second kappa shape index (κ2) is 8.57. The van der Waals surface area contributed by atoms with Gasteiger partial charge < -0.3 is 24.7 Å². The molecule has 1 atom stereocenters. The summed E-state index contributed by atoms with van der Waals surface area (Å²) < 4.78 is 22.9. The second-order valence-corrected chi connectivity index (χ2v) is 8.58. The number of allylic oxidation sites excluding steroid dienone is 1. The summed E-state index contributed by atoms with van der Waals surface area (Å²) in [7, 11) is 4.65. The minimum Gasteiger partial charge on any atom is -0.493 e. The van der Waals surface area contributed by atoms with Crippen molar-refractivity contribution < 1.29 is 18.9 Å². The number of nitrogens with two attached hydrogens (primary N) is 1. The van der Waals surface area contributed by atoms with Gasteiger partial charge in [-0.05, 0) is 29.8 Å². The van der Waals surface area contributed by atoms with E-state index in [0.29, 0.717) is 45.2 Å². The van der Waals surface area contributed by atoms with E-state index < -0.39 is 5.92 Å². The summed E-state index contributed by atoms with van der Waals surface area (Å²) in [6.45, 7) is 0. The maximum Gasteiger partial charge on any atom is 0.205 e. The van der Waals surface area contributed by atoms with Gasteiger partial charge in [-0.1, -0.05) is 36.4 Å². The number of rotatable bonds is 4. The summed E-state index contributed by atoms with van der Waals surface area (Å²) in [5, 5.41) is 11.9. The van der Waals surface area contributed by atoms with Crippen molar-refractivity contribution in [3.8, 4) is 29.1 Å². The lowest BCUT2D eigenvalue weighted by Gasteiger charge is -2.29. The van der Waals surface area contributed by atoms with Gasteiger partial charge in [0.1, 0.15) is 17.4 Å². The van der Waals surface area contributed by atoms with Crippen LogP contribution in [-0.4, -0.2) is 31.3 Å². The summed E-state index contributed by atoms with van der Waals surface area (Å²) in [6, 6.07) is 21.4. The molecule has 0 saturated carbocycles. The molecule has 1 aliphatic rings. The molecule has 37 heavy (non-hydrogen) atoms. The number of benzene rings is 4. The summed E-state index contributed by atoms with van der Waals surface area (Å²) in [4.78, 5) is 10.0. The molecule has 0 aliphatic carbocycles. The number of nitriles is 1. The van der Waals surface area contributed by atoms with E-state index in [9.17, 15) is 5.26 Å². The lowest BCUT2D eigenvalue weighted by Crippen LogP contribution is -2.22. The van der Waals surface area contributed by atoms with Gasteiger partial charge in [0.15, 0.2) is 11.5 Å². The maximum absolute atomic E-state index is 10.2. The van der Waals surface area contributed by atoms with Crippen molar-refractivity contribution in [2.75, 3.05) is 21.3 Å². The molecule has 1 aliphatic heterocycles. The van der Waals surface area contributed by atoms with Crippen LogP contribution in [0.1, 0.15) is 17.0 Å². The van der Waals surface area contributed by atoms with Gasteiger partial charge in [-0.15, -0.1) is 0 Å². The van der Waals surface area contributed by atoms with Crippen LogP contribution in [0.25, 0.3) is 32.8 Å². The van der Waals surface area contributed by atoms with Crippen molar-refractivity contribution >= 4 is 32.8 Å². The Morgan fingerprint density at radius 3 is 2.03 bits per heavy atom. The Morgan fingerprint density at radius 2 is 1.43 bits per heavy atom. The molecule has 0 fully saturated rings. The molecule has 0 bridgehead atoms. The molecule has 0 radical (unpaired) electrons. The first-order chi connectivity index (χ1) is 18.1. The van der Waals surface area contributed by atoms with Gasteiger partial charge in [0, 0.05) is 16.3 Å². The normalized spacial score (nSPS) is 14.8. The Morgan fingerprint density at radius 1 is 0.838 bits per heavy atom. The molecule has 8 heteroatoms.